The number of hydrogen-bond acceptors (Lipinski definition) is 4. The first-order chi connectivity index (χ1) is 10.3. The Balaban J connectivity index is 2.04. The Morgan fingerprint density at radius 1 is 1.14 bits per heavy atom. The van der Waals surface area contributed by atoms with Crippen molar-refractivity contribution in [2.45, 2.75) is 6.42 Å². The van der Waals surface area contributed by atoms with E-state index in [0.717, 1.165) is 22.2 Å². The molecule has 104 valence electrons. The maximum Gasteiger partial charge on any atom is 0.230 e. The van der Waals surface area contributed by atoms with Gasteiger partial charge in [0.2, 0.25) is 5.88 Å². The lowest BCUT2D eigenvalue weighted by molar-refractivity contribution is 0.463. The zero-order valence-corrected chi connectivity index (χ0v) is 11.5. The largest absolute Gasteiger partial charge is 0.438 e. The number of anilines is 1. The maximum atomic E-state index is 5.98. The Labute approximate surface area is 122 Å². The monoisotopic (exact) mass is 277 g/mol. The molecule has 0 atom stereocenters. The van der Waals surface area contributed by atoms with E-state index in [-0.39, 0.29) is 0 Å². The van der Waals surface area contributed by atoms with Crippen molar-refractivity contribution in [1.82, 2.24) is 9.97 Å². The molecule has 0 aliphatic heterocycles. The van der Waals surface area contributed by atoms with Crippen molar-refractivity contribution < 1.29 is 4.74 Å². The van der Waals surface area contributed by atoms with E-state index in [0.29, 0.717) is 18.0 Å². The molecule has 4 heteroatoms. The molecule has 0 fully saturated rings. The van der Waals surface area contributed by atoms with Crippen LogP contribution < -0.4 is 10.5 Å². The summed E-state index contributed by atoms with van der Waals surface area (Å²) >= 11 is 0. The number of para-hydroxylation sites is 1. The highest BCUT2D eigenvalue weighted by Gasteiger charge is 2.09. The van der Waals surface area contributed by atoms with Crippen LogP contribution in [0.1, 0.15) is 5.56 Å². The molecular weight excluding hydrogens is 262 g/mol. The molecule has 1 aromatic heterocycles. The van der Waals surface area contributed by atoms with Gasteiger partial charge in [-0.15, -0.1) is 6.58 Å². The molecule has 1 heterocycles. The average Bonchev–Trinajstić information content (AvgIpc) is 2.50. The molecule has 0 aliphatic carbocycles. The Morgan fingerprint density at radius 3 is 2.86 bits per heavy atom. The highest BCUT2D eigenvalue weighted by molar-refractivity contribution is 5.83. The number of aromatic nitrogens is 2. The quantitative estimate of drug-likeness (QED) is 0.583. The van der Waals surface area contributed by atoms with Gasteiger partial charge in [-0.2, -0.15) is 0 Å². The molecule has 0 radical (unpaired) electrons. The van der Waals surface area contributed by atoms with E-state index in [1.165, 1.54) is 6.33 Å². The molecule has 0 aliphatic rings. The number of benzene rings is 2. The van der Waals surface area contributed by atoms with Gasteiger partial charge in [0.05, 0.1) is 10.9 Å². The van der Waals surface area contributed by atoms with Crippen molar-refractivity contribution >= 4 is 16.6 Å². The molecule has 3 rings (SSSR count). The van der Waals surface area contributed by atoms with E-state index in [2.05, 4.69) is 16.5 Å². The molecule has 0 saturated carbocycles. The molecule has 2 N–H and O–H groups in total. The number of fused-ring (bicyclic) bond motifs is 1. The van der Waals surface area contributed by atoms with Crippen molar-refractivity contribution in [3.63, 3.8) is 0 Å². The molecule has 0 saturated heterocycles. The van der Waals surface area contributed by atoms with Crippen LogP contribution in [-0.2, 0) is 6.42 Å². The zero-order valence-electron chi connectivity index (χ0n) is 11.5. The van der Waals surface area contributed by atoms with Crippen LogP contribution >= 0.6 is 0 Å². The number of hydrogen-bond donors (Lipinski definition) is 1. The molecule has 0 spiro atoms. The fourth-order valence-corrected chi connectivity index (χ4v) is 2.18. The van der Waals surface area contributed by atoms with E-state index in [4.69, 9.17) is 10.5 Å². The molecule has 0 amide bonds. The van der Waals surface area contributed by atoms with E-state index in [1.807, 2.05) is 48.5 Å². The van der Waals surface area contributed by atoms with Crippen LogP contribution in [-0.4, -0.2) is 9.97 Å². The average molecular weight is 277 g/mol. The van der Waals surface area contributed by atoms with Gasteiger partial charge in [-0.3, -0.25) is 0 Å². The van der Waals surface area contributed by atoms with Crippen LogP contribution in [0.3, 0.4) is 0 Å². The van der Waals surface area contributed by atoms with Gasteiger partial charge in [-0.25, -0.2) is 9.97 Å². The molecule has 0 unspecified atom stereocenters. The SMILES string of the molecule is C=CCc1cc(N)ccc1Oc1ncnc2ccccc12. The molecule has 3 aromatic rings. The summed E-state index contributed by atoms with van der Waals surface area (Å²) in [5.74, 6) is 1.27. The minimum Gasteiger partial charge on any atom is -0.438 e. The molecule has 2 aromatic carbocycles. The molecule has 4 nitrogen and oxygen atoms in total. The molecular formula is C17H15N3O. The lowest BCUT2D eigenvalue weighted by atomic mass is 10.1. The van der Waals surface area contributed by atoms with Crippen molar-refractivity contribution in [1.29, 1.82) is 0 Å². The summed E-state index contributed by atoms with van der Waals surface area (Å²) in [6, 6.07) is 13.3. The van der Waals surface area contributed by atoms with Crippen molar-refractivity contribution in [2.75, 3.05) is 5.73 Å². The van der Waals surface area contributed by atoms with Gasteiger partial charge in [-0.05, 0) is 36.8 Å². The first-order valence-corrected chi connectivity index (χ1v) is 6.65. The summed E-state index contributed by atoms with van der Waals surface area (Å²) in [6.45, 7) is 3.76. The van der Waals surface area contributed by atoms with Crippen LogP contribution in [0, 0.1) is 0 Å². The van der Waals surface area contributed by atoms with Crippen molar-refractivity contribution in [2.24, 2.45) is 0 Å². The fourth-order valence-electron chi connectivity index (χ4n) is 2.18. The fraction of sp³-hybridized carbons (Fsp3) is 0.0588. The summed E-state index contributed by atoms with van der Waals surface area (Å²) in [6.07, 6.45) is 4.01. The second-order valence-electron chi connectivity index (χ2n) is 4.66. The van der Waals surface area contributed by atoms with E-state index < -0.39 is 0 Å². The predicted octanol–water partition coefficient (Wildman–Crippen LogP) is 3.73. The highest BCUT2D eigenvalue weighted by atomic mass is 16.5. The first-order valence-electron chi connectivity index (χ1n) is 6.65. The van der Waals surface area contributed by atoms with Gasteiger partial charge >= 0.3 is 0 Å². The Kier molecular flexibility index (Phi) is 3.51. The number of rotatable bonds is 4. The van der Waals surface area contributed by atoms with E-state index >= 15 is 0 Å². The van der Waals surface area contributed by atoms with E-state index in [9.17, 15) is 0 Å². The van der Waals surface area contributed by atoms with Gasteiger partial charge < -0.3 is 10.5 Å². The normalized spacial score (nSPS) is 10.5. The third-order valence-electron chi connectivity index (χ3n) is 3.16. The third kappa shape index (κ3) is 2.69. The number of allylic oxidation sites excluding steroid dienone is 1. The Bertz CT molecular complexity index is 794. The lowest BCUT2D eigenvalue weighted by Gasteiger charge is -2.11. The lowest BCUT2D eigenvalue weighted by Crippen LogP contribution is -1.96. The minimum atomic E-state index is 0.538. The standard InChI is InChI=1S/C17H15N3O/c1-2-5-12-10-13(18)8-9-16(12)21-17-14-6-3-4-7-15(14)19-11-20-17/h2-4,6-11H,1,5,18H2. The maximum absolute atomic E-state index is 5.98. The zero-order chi connectivity index (χ0) is 14.7. The van der Waals surface area contributed by atoms with E-state index in [1.54, 1.807) is 0 Å². The Hall–Kier alpha value is -2.88. The summed E-state index contributed by atoms with van der Waals surface area (Å²) in [5, 5.41) is 0.876. The van der Waals surface area contributed by atoms with Gasteiger partial charge in [0.25, 0.3) is 0 Å². The third-order valence-corrected chi connectivity index (χ3v) is 3.16. The van der Waals surface area contributed by atoms with Gasteiger partial charge in [0, 0.05) is 11.3 Å². The number of nitrogens with two attached hydrogens (primary N) is 1. The van der Waals surface area contributed by atoms with Crippen LogP contribution in [0.25, 0.3) is 10.9 Å². The summed E-state index contributed by atoms with van der Waals surface area (Å²) in [7, 11) is 0. The molecule has 0 bridgehead atoms. The van der Waals surface area contributed by atoms with Crippen LogP contribution in [0.4, 0.5) is 5.69 Å². The first kappa shape index (κ1) is 13.1. The van der Waals surface area contributed by atoms with Crippen LogP contribution in [0.2, 0.25) is 0 Å². The van der Waals surface area contributed by atoms with Crippen molar-refractivity contribution in [3.05, 3.63) is 67.0 Å². The predicted molar refractivity (Wildman–Crippen MR) is 84.4 cm³/mol. The van der Waals surface area contributed by atoms with Crippen LogP contribution in [0.15, 0.2) is 61.4 Å². The second-order valence-corrected chi connectivity index (χ2v) is 4.66. The minimum absolute atomic E-state index is 0.538. The highest BCUT2D eigenvalue weighted by Crippen LogP contribution is 2.30. The summed E-state index contributed by atoms with van der Waals surface area (Å²) in [5.41, 5.74) is 8.36. The second kappa shape index (κ2) is 5.63. The smallest absolute Gasteiger partial charge is 0.230 e. The van der Waals surface area contributed by atoms with Gasteiger partial charge in [0.1, 0.15) is 12.1 Å². The number of nitrogen functional groups attached to an aromatic ring is 1. The Morgan fingerprint density at radius 2 is 2.00 bits per heavy atom. The van der Waals surface area contributed by atoms with Gasteiger partial charge in [0.15, 0.2) is 0 Å². The summed E-state index contributed by atoms with van der Waals surface area (Å²) < 4.78 is 5.98. The van der Waals surface area contributed by atoms with Gasteiger partial charge in [-0.1, -0.05) is 18.2 Å². The number of ether oxygens (including phenoxy) is 1. The van der Waals surface area contributed by atoms with Crippen molar-refractivity contribution in [3.8, 4) is 11.6 Å². The van der Waals surface area contributed by atoms with Crippen LogP contribution in [0.5, 0.6) is 11.6 Å². The molecule has 21 heavy (non-hydrogen) atoms. The topological polar surface area (TPSA) is 61.0 Å². The number of nitrogens with zero attached hydrogens (tertiary/aromatic N) is 2. The summed E-state index contributed by atoms with van der Waals surface area (Å²) in [4.78, 5) is 8.46.